The van der Waals surface area contributed by atoms with Gasteiger partial charge in [-0.05, 0) is 61.7 Å². The van der Waals surface area contributed by atoms with Crippen molar-refractivity contribution in [3.63, 3.8) is 0 Å². The van der Waals surface area contributed by atoms with Crippen LogP contribution in [0.15, 0.2) is 66.7 Å². The van der Waals surface area contributed by atoms with Gasteiger partial charge >= 0.3 is 0 Å². The number of aryl methyl sites for hydroxylation is 3. The van der Waals surface area contributed by atoms with E-state index in [1.165, 1.54) is 21.9 Å². The van der Waals surface area contributed by atoms with Gasteiger partial charge in [0.05, 0.1) is 18.5 Å². The molecule has 7 nitrogen and oxygen atoms in total. The Labute approximate surface area is 209 Å². The molecule has 35 heavy (non-hydrogen) atoms. The van der Waals surface area contributed by atoms with Crippen molar-refractivity contribution in [2.24, 2.45) is 0 Å². The average Bonchev–Trinajstić information content (AvgIpc) is 3.28. The highest BCUT2D eigenvalue weighted by molar-refractivity contribution is 7.92. The summed E-state index contributed by atoms with van der Waals surface area (Å²) in [5.74, 6) is -0.308. The van der Waals surface area contributed by atoms with E-state index in [4.69, 9.17) is 0 Å². The van der Waals surface area contributed by atoms with Gasteiger partial charge in [-0.25, -0.2) is 8.42 Å². The molecule has 9 heteroatoms. The molecule has 1 N–H and O–H groups in total. The first-order valence-electron chi connectivity index (χ1n) is 11.0. The maximum absolute atomic E-state index is 12.7. The fourth-order valence-electron chi connectivity index (χ4n) is 3.46. The Morgan fingerprint density at radius 3 is 2.23 bits per heavy atom. The summed E-state index contributed by atoms with van der Waals surface area (Å²) < 4.78 is 26.3. The lowest BCUT2D eigenvalue weighted by Gasteiger charge is -2.23. The fourth-order valence-corrected chi connectivity index (χ4v) is 5.09. The molecule has 1 amide bonds. The van der Waals surface area contributed by atoms with Gasteiger partial charge < -0.3 is 0 Å². The lowest BCUT2D eigenvalue weighted by atomic mass is 10.1. The summed E-state index contributed by atoms with van der Waals surface area (Å²) >= 11 is 1.30. The number of anilines is 2. The zero-order valence-electron chi connectivity index (χ0n) is 19.9. The number of hydrogen-bond acceptors (Lipinski definition) is 6. The number of nitrogens with one attached hydrogen (secondary N) is 1. The van der Waals surface area contributed by atoms with Crippen LogP contribution >= 0.6 is 11.3 Å². The summed E-state index contributed by atoms with van der Waals surface area (Å²) in [6, 6.07) is 20.4. The van der Waals surface area contributed by atoms with Crippen LogP contribution in [0, 0.1) is 20.8 Å². The Morgan fingerprint density at radius 1 is 0.914 bits per heavy atom. The van der Waals surface area contributed by atoms with Crippen molar-refractivity contribution in [2.45, 2.75) is 27.3 Å². The molecule has 3 aromatic carbocycles. The van der Waals surface area contributed by atoms with E-state index in [1.807, 2.05) is 57.2 Å². The molecule has 4 rings (SSSR count). The van der Waals surface area contributed by atoms with E-state index < -0.39 is 10.0 Å². The summed E-state index contributed by atoms with van der Waals surface area (Å²) in [5, 5.41) is 12.2. The van der Waals surface area contributed by atoms with Crippen molar-refractivity contribution in [3.8, 4) is 10.6 Å². The van der Waals surface area contributed by atoms with Crippen LogP contribution in [0.3, 0.4) is 0 Å². The minimum Gasteiger partial charge on any atom is -0.296 e. The molecule has 0 aliphatic carbocycles. The highest BCUT2D eigenvalue weighted by Gasteiger charge is 2.19. The van der Waals surface area contributed by atoms with Crippen LogP contribution in [-0.2, 0) is 16.6 Å². The molecule has 4 aromatic rings. The van der Waals surface area contributed by atoms with Crippen molar-refractivity contribution >= 4 is 38.1 Å². The first-order valence-corrected chi connectivity index (χ1v) is 13.6. The normalized spacial score (nSPS) is 11.3. The molecule has 1 heterocycles. The Balaban J connectivity index is 1.46. The monoisotopic (exact) mass is 506 g/mol. The predicted octanol–water partition coefficient (Wildman–Crippen LogP) is 5.35. The van der Waals surface area contributed by atoms with E-state index in [0.717, 1.165) is 32.8 Å². The molecule has 0 spiro atoms. The van der Waals surface area contributed by atoms with Gasteiger partial charge in [-0.3, -0.25) is 14.4 Å². The molecule has 0 atom stereocenters. The molecule has 0 fully saturated rings. The lowest BCUT2D eigenvalue weighted by Crippen LogP contribution is -2.29. The third-order valence-electron chi connectivity index (χ3n) is 5.67. The second kappa shape index (κ2) is 9.97. The molecular weight excluding hydrogens is 480 g/mol. The Bertz CT molecular complexity index is 1460. The second-order valence-electron chi connectivity index (χ2n) is 8.47. The van der Waals surface area contributed by atoms with Gasteiger partial charge in [-0.15, -0.1) is 10.2 Å². The van der Waals surface area contributed by atoms with Gasteiger partial charge in [0.25, 0.3) is 5.91 Å². The minimum atomic E-state index is -3.50. The summed E-state index contributed by atoms with van der Waals surface area (Å²) in [6.45, 7) is 6.12. The minimum absolute atomic E-state index is 0.166. The number of aromatic nitrogens is 2. The van der Waals surface area contributed by atoms with Crippen LogP contribution in [0.25, 0.3) is 10.6 Å². The summed E-state index contributed by atoms with van der Waals surface area (Å²) in [6.07, 6.45) is 1.19. The van der Waals surface area contributed by atoms with E-state index in [0.29, 0.717) is 16.4 Å². The maximum atomic E-state index is 12.7. The van der Waals surface area contributed by atoms with E-state index in [-0.39, 0.29) is 12.5 Å². The van der Waals surface area contributed by atoms with Crippen molar-refractivity contribution in [2.75, 3.05) is 15.9 Å². The molecule has 0 aliphatic rings. The van der Waals surface area contributed by atoms with Crippen LogP contribution in [0.1, 0.15) is 32.6 Å². The first kappa shape index (κ1) is 24.6. The van der Waals surface area contributed by atoms with Crippen LogP contribution < -0.4 is 9.62 Å². The first-order chi connectivity index (χ1) is 16.6. The number of carbonyl (C=O) groups excluding carboxylic acids is 1. The van der Waals surface area contributed by atoms with Crippen LogP contribution in [0.5, 0.6) is 0 Å². The number of amides is 1. The summed E-state index contributed by atoms with van der Waals surface area (Å²) in [4.78, 5) is 12.7. The number of rotatable bonds is 7. The molecular formula is C26H26N4O3S2. The molecule has 0 radical (unpaired) electrons. The smallest absolute Gasteiger partial charge is 0.257 e. The number of sulfonamides is 1. The quantitative estimate of drug-likeness (QED) is 0.365. The van der Waals surface area contributed by atoms with Gasteiger partial charge in [0, 0.05) is 11.1 Å². The third kappa shape index (κ3) is 5.93. The number of hydrogen-bond donors (Lipinski definition) is 1. The third-order valence-corrected chi connectivity index (χ3v) is 7.69. The summed E-state index contributed by atoms with van der Waals surface area (Å²) in [5.41, 5.74) is 6.03. The molecule has 0 unspecified atom stereocenters. The summed E-state index contributed by atoms with van der Waals surface area (Å²) in [7, 11) is -3.50. The lowest BCUT2D eigenvalue weighted by molar-refractivity contribution is 0.102. The second-order valence-corrected chi connectivity index (χ2v) is 11.4. The SMILES string of the molecule is Cc1ccc(-c2nnc(NC(=O)c3ccc(CN(c4ccc(C)c(C)c4)S(C)(=O)=O)cc3)s2)cc1. The van der Waals surface area contributed by atoms with Crippen molar-refractivity contribution in [3.05, 3.63) is 94.5 Å². The van der Waals surface area contributed by atoms with Gasteiger partial charge in [0.2, 0.25) is 15.2 Å². The highest BCUT2D eigenvalue weighted by Crippen LogP contribution is 2.27. The standard InChI is InChI=1S/C26H26N4O3S2/c1-17-5-10-22(11-6-17)25-28-29-26(34-25)27-24(31)21-12-8-20(9-13-21)16-30(35(4,32)33)23-14-7-18(2)19(3)15-23/h5-15H,16H2,1-4H3,(H,27,29,31). The number of nitrogens with zero attached hydrogens (tertiary/aromatic N) is 3. The van der Waals surface area contributed by atoms with Crippen molar-refractivity contribution in [1.29, 1.82) is 0 Å². The van der Waals surface area contributed by atoms with Gasteiger partial charge in [-0.1, -0.05) is 59.4 Å². The van der Waals surface area contributed by atoms with Crippen molar-refractivity contribution in [1.82, 2.24) is 10.2 Å². The Hall–Kier alpha value is -3.56. The predicted molar refractivity (Wildman–Crippen MR) is 141 cm³/mol. The molecule has 180 valence electrons. The maximum Gasteiger partial charge on any atom is 0.257 e. The van der Waals surface area contributed by atoms with Crippen LogP contribution in [0.4, 0.5) is 10.8 Å². The molecule has 0 saturated carbocycles. The van der Waals surface area contributed by atoms with Crippen LogP contribution in [0.2, 0.25) is 0 Å². The zero-order valence-corrected chi connectivity index (χ0v) is 21.6. The molecule has 1 aromatic heterocycles. The van der Waals surface area contributed by atoms with Crippen LogP contribution in [-0.4, -0.2) is 30.8 Å². The van der Waals surface area contributed by atoms with E-state index in [1.54, 1.807) is 30.3 Å². The van der Waals surface area contributed by atoms with E-state index in [9.17, 15) is 13.2 Å². The van der Waals surface area contributed by atoms with E-state index in [2.05, 4.69) is 15.5 Å². The number of carbonyl (C=O) groups is 1. The Kier molecular flexibility index (Phi) is 7.00. The Morgan fingerprint density at radius 2 is 1.60 bits per heavy atom. The fraction of sp³-hybridized carbons (Fsp3) is 0.192. The van der Waals surface area contributed by atoms with Crippen molar-refractivity contribution < 1.29 is 13.2 Å². The zero-order chi connectivity index (χ0) is 25.2. The molecule has 0 bridgehead atoms. The van der Waals surface area contributed by atoms with Gasteiger partial charge in [0.15, 0.2) is 0 Å². The average molecular weight is 507 g/mol. The largest absolute Gasteiger partial charge is 0.296 e. The molecule has 0 saturated heterocycles. The molecule has 0 aliphatic heterocycles. The van der Waals surface area contributed by atoms with Gasteiger partial charge in [-0.2, -0.15) is 0 Å². The number of benzene rings is 3. The topological polar surface area (TPSA) is 92.3 Å². The van der Waals surface area contributed by atoms with E-state index >= 15 is 0 Å². The highest BCUT2D eigenvalue weighted by atomic mass is 32.2. The van der Waals surface area contributed by atoms with Gasteiger partial charge in [0.1, 0.15) is 5.01 Å².